The Morgan fingerprint density at radius 3 is 2.54 bits per heavy atom. The summed E-state index contributed by atoms with van der Waals surface area (Å²) in [6, 6.07) is 0. The standard InChI is InChI=1S/C5H8F3NO2S2/c1-2-4(3-9-13(10)11)12-5(6,7)8/h2,4,9H,1,3H2,(H,10,11)/p-1. The van der Waals surface area contributed by atoms with Gasteiger partial charge >= 0.3 is 5.51 Å². The monoisotopic (exact) mass is 234 g/mol. The summed E-state index contributed by atoms with van der Waals surface area (Å²) in [7, 11) is 0. The summed E-state index contributed by atoms with van der Waals surface area (Å²) in [5.41, 5.74) is -4.38. The molecule has 0 radical (unpaired) electrons. The van der Waals surface area contributed by atoms with Crippen molar-refractivity contribution < 1.29 is 21.9 Å². The van der Waals surface area contributed by atoms with Crippen LogP contribution in [0.2, 0.25) is 0 Å². The van der Waals surface area contributed by atoms with Gasteiger partial charge in [-0.3, -0.25) is 4.21 Å². The van der Waals surface area contributed by atoms with Crippen LogP contribution in [-0.2, 0) is 11.3 Å². The minimum absolute atomic E-state index is 0.310. The second-order valence-electron chi connectivity index (χ2n) is 1.92. The van der Waals surface area contributed by atoms with Gasteiger partial charge in [-0.25, -0.2) is 4.72 Å². The third kappa shape index (κ3) is 8.28. The third-order valence-electron chi connectivity index (χ3n) is 0.950. The van der Waals surface area contributed by atoms with E-state index in [4.69, 9.17) is 0 Å². The second kappa shape index (κ2) is 5.63. The molecular weight excluding hydrogens is 227 g/mol. The molecule has 0 spiro atoms. The Morgan fingerprint density at radius 1 is 1.69 bits per heavy atom. The first-order valence-corrected chi connectivity index (χ1v) is 5.00. The van der Waals surface area contributed by atoms with Crippen molar-refractivity contribution >= 4 is 23.0 Å². The van der Waals surface area contributed by atoms with Gasteiger partial charge in [0.05, 0.1) is 0 Å². The van der Waals surface area contributed by atoms with E-state index in [0.717, 1.165) is 6.08 Å². The van der Waals surface area contributed by atoms with Gasteiger partial charge in [0.15, 0.2) is 0 Å². The van der Waals surface area contributed by atoms with Crippen LogP contribution < -0.4 is 4.72 Å². The van der Waals surface area contributed by atoms with Crippen molar-refractivity contribution in [1.82, 2.24) is 4.72 Å². The van der Waals surface area contributed by atoms with Crippen LogP contribution in [0.1, 0.15) is 0 Å². The van der Waals surface area contributed by atoms with Crippen LogP contribution in [0.4, 0.5) is 13.2 Å². The summed E-state index contributed by atoms with van der Waals surface area (Å²) in [6.45, 7) is 2.85. The Morgan fingerprint density at radius 2 is 2.23 bits per heavy atom. The molecule has 0 fully saturated rings. The number of rotatable bonds is 5. The van der Waals surface area contributed by atoms with Gasteiger partial charge in [-0.05, 0) is 11.8 Å². The summed E-state index contributed by atoms with van der Waals surface area (Å²) in [5.74, 6) is 0. The van der Waals surface area contributed by atoms with Crippen molar-refractivity contribution in [3.05, 3.63) is 12.7 Å². The van der Waals surface area contributed by atoms with E-state index in [1.54, 1.807) is 0 Å². The van der Waals surface area contributed by atoms with Crippen molar-refractivity contribution in [3.63, 3.8) is 0 Å². The summed E-state index contributed by atoms with van der Waals surface area (Å²) in [4.78, 5) is 0. The zero-order chi connectivity index (χ0) is 10.5. The van der Waals surface area contributed by atoms with Crippen LogP contribution in [0, 0.1) is 0 Å². The van der Waals surface area contributed by atoms with E-state index >= 15 is 0 Å². The zero-order valence-electron chi connectivity index (χ0n) is 6.34. The molecule has 0 heterocycles. The Balaban J connectivity index is 3.90. The highest BCUT2D eigenvalue weighted by Gasteiger charge is 2.31. The van der Waals surface area contributed by atoms with Gasteiger partial charge in [-0.15, -0.1) is 6.58 Å². The average Bonchev–Trinajstić information content (AvgIpc) is 1.95. The highest BCUT2D eigenvalue weighted by molar-refractivity contribution is 8.00. The van der Waals surface area contributed by atoms with E-state index in [9.17, 15) is 21.9 Å². The maximum atomic E-state index is 11.8. The van der Waals surface area contributed by atoms with Crippen molar-refractivity contribution in [1.29, 1.82) is 0 Å². The molecule has 0 amide bonds. The summed E-state index contributed by atoms with van der Waals surface area (Å²) in [5, 5.41) is -1.00. The molecule has 0 saturated heterocycles. The molecule has 0 aromatic heterocycles. The number of halogens is 3. The summed E-state index contributed by atoms with van der Waals surface area (Å²) < 4.78 is 57.0. The minimum Gasteiger partial charge on any atom is -0.760 e. The fraction of sp³-hybridized carbons (Fsp3) is 0.600. The second-order valence-corrected chi connectivity index (χ2v) is 3.98. The largest absolute Gasteiger partial charge is 0.760 e. The van der Waals surface area contributed by atoms with Crippen molar-refractivity contribution in [2.75, 3.05) is 6.54 Å². The van der Waals surface area contributed by atoms with Crippen molar-refractivity contribution in [3.8, 4) is 0 Å². The lowest BCUT2D eigenvalue weighted by Gasteiger charge is -2.15. The number of hydrogen-bond acceptors (Lipinski definition) is 3. The first-order chi connectivity index (χ1) is 5.85. The summed E-state index contributed by atoms with van der Waals surface area (Å²) >= 11 is -2.85. The fourth-order valence-corrected chi connectivity index (χ4v) is 1.52. The first kappa shape index (κ1) is 12.9. The molecular formula is C5H7F3NO2S2-. The maximum Gasteiger partial charge on any atom is 0.442 e. The minimum atomic E-state index is -4.38. The number of thioether (sulfide) groups is 1. The van der Waals surface area contributed by atoms with Gasteiger partial charge in [0, 0.05) is 23.1 Å². The van der Waals surface area contributed by atoms with Crippen LogP contribution in [0.25, 0.3) is 0 Å². The Kier molecular flexibility index (Phi) is 5.61. The SMILES string of the molecule is C=CC(CNS(=O)[O-])SC(F)(F)F. The Bertz CT molecular complexity index is 197. The third-order valence-corrected chi connectivity index (χ3v) is 2.28. The quantitative estimate of drug-likeness (QED) is 0.574. The van der Waals surface area contributed by atoms with Crippen molar-refractivity contribution in [2.24, 2.45) is 0 Å². The first-order valence-electron chi connectivity index (χ1n) is 3.05. The normalized spacial score (nSPS) is 16.6. The van der Waals surface area contributed by atoms with Crippen LogP contribution in [0.3, 0.4) is 0 Å². The lowest BCUT2D eigenvalue weighted by molar-refractivity contribution is -0.0331. The van der Waals surface area contributed by atoms with Crippen molar-refractivity contribution in [2.45, 2.75) is 10.8 Å². The molecule has 0 rings (SSSR count). The number of hydrogen-bond donors (Lipinski definition) is 1. The molecule has 1 N–H and O–H groups in total. The maximum absolute atomic E-state index is 11.8. The topological polar surface area (TPSA) is 52.2 Å². The molecule has 0 saturated carbocycles. The van der Waals surface area contributed by atoms with Crippen LogP contribution >= 0.6 is 11.8 Å². The van der Waals surface area contributed by atoms with E-state index in [1.165, 1.54) is 0 Å². The molecule has 2 unspecified atom stereocenters. The number of alkyl halides is 3. The van der Waals surface area contributed by atoms with Gasteiger partial charge in [0.25, 0.3) is 0 Å². The highest BCUT2D eigenvalue weighted by Crippen LogP contribution is 2.33. The molecule has 8 heteroatoms. The Hall–Kier alpha value is -0.0500. The van der Waals surface area contributed by atoms with Crippen LogP contribution in [-0.4, -0.2) is 26.1 Å². The molecule has 0 aliphatic heterocycles. The molecule has 3 nitrogen and oxygen atoms in total. The van der Waals surface area contributed by atoms with Gasteiger partial charge < -0.3 is 4.55 Å². The average molecular weight is 234 g/mol. The molecule has 0 aromatic rings. The predicted molar refractivity (Wildman–Crippen MR) is 44.6 cm³/mol. The molecule has 0 aromatic carbocycles. The lowest BCUT2D eigenvalue weighted by atomic mass is 10.4. The zero-order valence-corrected chi connectivity index (χ0v) is 7.97. The smallest absolute Gasteiger partial charge is 0.442 e. The van der Waals surface area contributed by atoms with Crippen LogP contribution in [0.5, 0.6) is 0 Å². The molecule has 2 atom stereocenters. The Labute approximate surface area is 80.2 Å². The molecule has 13 heavy (non-hydrogen) atoms. The lowest BCUT2D eigenvalue weighted by Crippen LogP contribution is -2.27. The van der Waals surface area contributed by atoms with Crippen LogP contribution in [0.15, 0.2) is 12.7 Å². The molecule has 0 aliphatic rings. The van der Waals surface area contributed by atoms with Gasteiger partial charge in [-0.2, -0.15) is 13.2 Å². The molecule has 0 aliphatic carbocycles. The predicted octanol–water partition coefficient (Wildman–Crippen LogP) is 1.18. The van der Waals surface area contributed by atoms with Gasteiger partial charge in [0.1, 0.15) is 0 Å². The molecule has 78 valence electrons. The molecule has 0 bridgehead atoms. The highest BCUT2D eigenvalue weighted by atomic mass is 32.2. The fourth-order valence-electron chi connectivity index (χ4n) is 0.495. The van der Waals surface area contributed by atoms with Gasteiger partial charge in [0.2, 0.25) is 0 Å². The number of nitrogens with one attached hydrogen (secondary N) is 1. The summed E-state index contributed by atoms with van der Waals surface area (Å²) in [6.07, 6.45) is 1.04. The van der Waals surface area contributed by atoms with E-state index in [-0.39, 0.29) is 18.3 Å². The van der Waals surface area contributed by atoms with E-state index < -0.39 is 22.0 Å². The van der Waals surface area contributed by atoms with Gasteiger partial charge in [-0.1, -0.05) is 6.08 Å². The van der Waals surface area contributed by atoms with E-state index in [2.05, 4.69) is 6.58 Å². The van der Waals surface area contributed by atoms with E-state index in [1.807, 2.05) is 4.72 Å². The van der Waals surface area contributed by atoms with E-state index in [0.29, 0.717) is 0 Å².